The Hall–Kier alpha value is -4.39. The molecule has 7 aromatic rings. The van der Waals surface area contributed by atoms with E-state index >= 15 is 0 Å². The van der Waals surface area contributed by atoms with Crippen LogP contribution in [-0.4, -0.2) is 0 Å². The van der Waals surface area contributed by atoms with E-state index in [4.69, 9.17) is 17.0 Å². The number of aryl methyl sites for hydroxylation is 11. The molecule has 0 N–H and O–H groups in total. The van der Waals surface area contributed by atoms with Gasteiger partial charge in [0, 0.05) is 5.92 Å². The van der Waals surface area contributed by atoms with Crippen LogP contribution in [0, 0.1) is 26.2 Å². The number of allylic oxidation sites excluding steroid dienone is 7. The molecule has 14 aliphatic carbocycles. The molecule has 0 radical (unpaired) electrons. The first-order chi connectivity index (χ1) is 44.3. The zero-order valence-electron chi connectivity index (χ0n) is 56.7. The van der Waals surface area contributed by atoms with Crippen LogP contribution in [0.3, 0.4) is 0 Å². The molecular formula is C89H103Cl2Zr-. The summed E-state index contributed by atoms with van der Waals surface area (Å²) >= 11 is -0.826. The Balaban J connectivity index is 0.000000102. The minimum absolute atomic E-state index is 0. The maximum absolute atomic E-state index is 4.93. The zero-order chi connectivity index (χ0) is 60.5. The summed E-state index contributed by atoms with van der Waals surface area (Å²) in [5, 5.41) is 6.63. The molecule has 0 aliphatic heterocycles. The van der Waals surface area contributed by atoms with Crippen LogP contribution in [0.5, 0.6) is 0 Å². The van der Waals surface area contributed by atoms with E-state index in [1.54, 1.807) is 155 Å². The topological polar surface area (TPSA) is 0 Å². The smallest absolute Gasteiger partial charge is 0.00611 e. The molecule has 2 saturated carbocycles. The molecule has 2 fully saturated rings. The van der Waals surface area contributed by atoms with E-state index in [-0.39, 0.29) is 14.9 Å². The first-order valence-electron chi connectivity index (χ1n) is 36.8. The second-order valence-electron chi connectivity index (χ2n) is 30.7. The third-order valence-corrected chi connectivity index (χ3v) is 25.8. The fraction of sp³-hybridized carbons (Fsp3) is 0.472. The van der Waals surface area contributed by atoms with Crippen LogP contribution in [0.25, 0.3) is 49.4 Å². The molecule has 3 heteroatoms. The normalized spacial score (nSPS) is 23.5. The van der Waals surface area contributed by atoms with Crippen LogP contribution in [0.2, 0.25) is 0 Å². The Morgan fingerprint density at radius 1 is 0.413 bits per heavy atom. The van der Waals surface area contributed by atoms with Crippen molar-refractivity contribution in [3.05, 3.63) is 224 Å². The molecule has 0 heterocycles. The molecule has 14 aliphatic rings. The SMILES string of the molecule is C1=C2CCc3ccc4c5c3[C@@H]2c2c(ccc(c2-5)CC4)C1.C1CCCC1.CC1(C2CCCC2)CCC=CC=CCCCCCCCC1.CC12CCc3ccc4c5c3c1c1c(ccc([c-]15)CC4)CC2.[CH3-].[CH3-].[Cl][Zr+2][Cl].c1cc2c3c4c1CCC1=C4c4c(ccc(c4-3)CC2)CC1. The van der Waals surface area contributed by atoms with Crippen molar-refractivity contribution in [3.63, 3.8) is 0 Å². The summed E-state index contributed by atoms with van der Waals surface area (Å²) in [6, 6.07) is 29.1. The van der Waals surface area contributed by atoms with Gasteiger partial charge in [-0.15, -0.1) is 17.7 Å². The monoisotopic (exact) mass is 1330 g/mol. The standard InChI is InChI=1S/C21H19.C21H36.2C20H16.C5H10.2CH3.2ClH.Zr/c1-21-10-8-14-6-4-12-2-3-13-5-7-15(9-11-21)19-17(13)16(12)18(14)20(19)21;1-21(20-16-12-13-17-20)18-14-10-8-6-4-2-3-5-7-9-11-15-19-21;2*1-2-12-5-6-14-9-10-15-8-7-13-4-3-11(1)16-17(12)19(14)20(15)18(13)16;1-2-4-5-3-1;;;;;/h4-7H,2-3,8-11H2,1H3;4,6,8,10,20H,2-3,5,7,9,11-19H2,1H3;1-2,7-8H,3-6,9-10H2;1-2,4,9-10,18H,3,5-8H2;1-5H2;2*1H3;2*1H;/q-1;;;;;2*-1;;;+4/p-2/t;;;18-;;;;;;/m...0....../s1. The van der Waals surface area contributed by atoms with Gasteiger partial charge < -0.3 is 14.9 Å². The summed E-state index contributed by atoms with van der Waals surface area (Å²) < 4.78 is 0. The van der Waals surface area contributed by atoms with Gasteiger partial charge in [-0.05, 0) is 253 Å². The van der Waals surface area contributed by atoms with Gasteiger partial charge in [0.05, 0.1) is 0 Å². The maximum Gasteiger partial charge on any atom is -0.00611 e. The van der Waals surface area contributed by atoms with Gasteiger partial charge in [0.15, 0.2) is 0 Å². The molecule has 1 unspecified atom stereocenters. The van der Waals surface area contributed by atoms with Crippen molar-refractivity contribution < 1.29 is 20.8 Å². The van der Waals surface area contributed by atoms with Crippen LogP contribution in [-0.2, 0) is 103 Å². The summed E-state index contributed by atoms with van der Waals surface area (Å²) in [7, 11) is 9.87. The van der Waals surface area contributed by atoms with Gasteiger partial charge in [-0.25, -0.2) is 0 Å². The predicted molar refractivity (Wildman–Crippen MR) is 394 cm³/mol. The molecule has 2 atom stereocenters. The second kappa shape index (κ2) is 27.6. The largest absolute Gasteiger partial charge is 0.0610 e. The van der Waals surface area contributed by atoms with Crippen LogP contribution in [0.4, 0.5) is 0 Å². The average Bonchev–Trinajstić information content (AvgIpc) is 1.55. The number of halogens is 2. The van der Waals surface area contributed by atoms with Gasteiger partial charge >= 0.3 is 37.9 Å². The Morgan fingerprint density at radius 2 is 0.880 bits per heavy atom. The third kappa shape index (κ3) is 11.4. The van der Waals surface area contributed by atoms with Crippen LogP contribution < -0.4 is 0 Å². The molecule has 0 saturated heterocycles. The fourth-order valence-corrected chi connectivity index (χ4v) is 21.0. The van der Waals surface area contributed by atoms with Crippen LogP contribution in [0.15, 0.2) is 114 Å². The Labute approximate surface area is 574 Å². The van der Waals surface area contributed by atoms with Crippen molar-refractivity contribution in [3.8, 4) is 22.3 Å². The van der Waals surface area contributed by atoms with Gasteiger partial charge in [-0.3, -0.25) is 0 Å². The van der Waals surface area contributed by atoms with E-state index in [1.165, 1.54) is 225 Å². The van der Waals surface area contributed by atoms with Crippen molar-refractivity contribution in [1.29, 1.82) is 0 Å². The Bertz CT molecular complexity index is 3930. The van der Waals surface area contributed by atoms with Gasteiger partial charge in [0.2, 0.25) is 0 Å². The number of hydrogen-bond donors (Lipinski definition) is 0. The first kappa shape index (κ1) is 64.9. The van der Waals surface area contributed by atoms with Crippen LogP contribution >= 0.6 is 17.0 Å². The molecule has 0 aromatic heterocycles. The number of hydrogen-bond acceptors (Lipinski definition) is 0. The number of benzene rings is 6. The van der Waals surface area contributed by atoms with Gasteiger partial charge in [-0.1, -0.05) is 250 Å². The molecule has 478 valence electrons. The van der Waals surface area contributed by atoms with E-state index in [0.29, 0.717) is 16.7 Å². The molecule has 0 bridgehead atoms. The minimum atomic E-state index is -0.826. The summed E-state index contributed by atoms with van der Waals surface area (Å²) in [5.41, 5.74) is 40.5. The number of rotatable bonds is 1. The van der Waals surface area contributed by atoms with Crippen molar-refractivity contribution in [2.24, 2.45) is 11.3 Å². The zero-order valence-corrected chi connectivity index (χ0v) is 60.7. The van der Waals surface area contributed by atoms with Gasteiger partial charge in [-0.2, -0.15) is 0 Å². The predicted octanol–water partition coefficient (Wildman–Crippen LogP) is 25.2. The van der Waals surface area contributed by atoms with Gasteiger partial charge in [0.1, 0.15) is 0 Å². The molecule has 0 amide bonds. The minimum Gasteiger partial charge on any atom is -0.0610 e. The fourth-order valence-electron chi connectivity index (χ4n) is 21.0. The van der Waals surface area contributed by atoms with Crippen LogP contribution in [0.1, 0.15) is 268 Å². The summed E-state index contributed by atoms with van der Waals surface area (Å²) in [5.74, 6) is 1.64. The van der Waals surface area contributed by atoms with Crippen molar-refractivity contribution in [2.75, 3.05) is 0 Å². The maximum atomic E-state index is 4.93. The summed E-state index contributed by atoms with van der Waals surface area (Å²) in [4.78, 5) is 0. The van der Waals surface area contributed by atoms with E-state index in [1.807, 2.05) is 0 Å². The van der Waals surface area contributed by atoms with E-state index < -0.39 is 20.8 Å². The van der Waals surface area contributed by atoms with Crippen molar-refractivity contribution >= 4 is 44.1 Å². The van der Waals surface area contributed by atoms with Crippen molar-refractivity contribution in [1.82, 2.24) is 0 Å². The van der Waals surface area contributed by atoms with Gasteiger partial charge in [0.25, 0.3) is 0 Å². The molecule has 0 nitrogen and oxygen atoms in total. The van der Waals surface area contributed by atoms with E-state index in [0.717, 1.165) is 12.3 Å². The Kier molecular flexibility index (Phi) is 19.5. The third-order valence-electron chi connectivity index (χ3n) is 25.8. The molecular weight excluding hydrogens is 1230 g/mol. The molecule has 7 aromatic carbocycles. The molecule has 0 spiro atoms. The quantitative estimate of drug-likeness (QED) is 0.114. The molecule has 21 rings (SSSR count). The summed E-state index contributed by atoms with van der Waals surface area (Å²) in [6.45, 7) is 5.13. The van der Waals surface area contributed by atoms with E-state index in [2.05, 4.69) is 117 Å². The Morgan fingerprint density at radius 3 is 1.52 bits per heavy atom. The van der Waals surface area contributed by atoms with Crippen molar-refractivity contribution in [2.45, 2.75) is 256 Å². The van der Waals surface area contributed by atoms with E-state index in [9.17, 15) is 0 Å². The molecule has 92 heavy (non-hydrogen) atoms. The average molecular weight is 1330 g/mol. The first-order valence-corrected chi connectivity index (χ1v) is 43.1. The summed E-state index contributed by atoms with van der Waals surface area (Å²) in [6.07, 6.45) is 60.8. The second-order valence-corrected chi connectivity index (χ2v) is 34.5.